The molecule has 0 spiro atoms. The van der Waals surface area contributed by atoms with Crippen LogP contribution < -0.4 is 14.2 Å². The van der Waals surface area contributed by atoms with Crippen LogP contribution in [0.15, 0.2) is 59.7 Å². The first-order valence-corrected chi connectivity index (χ1v) is 10.7. The molecule has 2 aliphatic rings. The standard InChI is InChI=1S/C24H21NO4S/c1-27-17-6-4-16(5-7-17)10-11-25-14-20-21(28-15-25)9-8-19-23(26)22(29-24(19)20)13-18-3-2-12-30-18/h2-9,12-13H,10-11,14-15H2,1H3/b22-13-. The van der Waals surface area contributed by atoms with E-state index in [4.69, 9.17) is 14.2 Å². The summed E-state index contributed by atoms with van der Waals surface area (Å²) >= 11 is 1.58. The lowest BCUT2D eigenvalue weighted by Gasteiger charge is -2.29. The van der Waals surface area contributed by atoms with E-state index in [1.54, 1.807) is 24.5 Å². The molecule has 6 heteroatoms. The van der Waals surface area contributed by atoms with Crippen LogP contribution in [0.2, 0.25) is 0 Å². The minimum Gasteiger partial charge on any atom is -0.497 e. The first-order valence-electron chi connectivity index (χ1n) is 9.83. The molecule has 0 saturated carbocycles. The third kappa shape index (κ3) is 3.60. The maximum Gasteiger partial charge on any atom is 0.232 e. The molecule has 0 saturated heterocycles. The Labute approximate surface area is 179 Å². The molecule has 0 aliphatic carbocycles. The van der Waals surface area contributed by atoms with Crippen LogP contribution in [0, 0.1) is 0 Å². The van der Waals surface area contributed by atoms with Crippen molar-refractivity contribution in [1.29, 1.82) is 0 Å². The number of ketones is 1. The van der Waals surface area contributed by atoms with Gasteiger partial charge in [-0.25, -0.2) is 0 Å². The number of hydrogen-bond acceptors (Lipinski definition) is 6. The van der Waals surface area contributed by atoms with Crippen LogP contribution in [-0.2, 0) is 13.0 Å². The van der Waals surface area contributed by atoms with Crippen molar-refractivity contribution in [1.82, 2.24) is 4.90 Å². The fraction of sp³-hybridized carbons (Fsp3) is 0.208. The number of thiophene rings is 1. The molecule has 2 aromatic carbocycles. The second kappa shape index (κ2) is 7.97. The maximum absolute atomic E-state index is 12.8. The van der Waals surface area contributed by atoms with Gasteiger partial charge < -0.3 is 14.2 Å². The van der Waals surface area contributed by atoms with Crippen LogP contribution in [0.3, 0.4) is 0 Å². The molecule has 0 radical (unpaired) electrons. The highest BCUT2D eigenvalue weighted by atomic mass is 32.1. The van der Waals surface area contributed by atoms with Gasteiger partial charge in [-0.3, -0.25) is 9.69 Å². The Kier molecular flexibility index (Phi) is 5.02. The maximum atomic E-state index is 12.8. The number of methoxy groups -OCH3 is 1. The third-order valence-electron chi connectivity index (χ3n) is 5.37. The molecule has 3 heterocycles. The van der Waals surface area contributed by atoms with Crippen molar-refractivity contribution in [3.05, 3.63) is 81.2 Å². The molecule has 0 N–H and O–H groups in total. The number of carbonyl (C=O) groups excluding carboxylic acids is 1. The first-order chi connectivity index (χ1) is 14.7. The number of fused-ring (bicyclic) bond motifs is 3. The van der Waals surface area contributed by atoms with Crippen LogP contribution in [0.5, 0.6) is 17.2 Å². The SMILES string of the molecule is COc1ccc(CCN2COc3ccc4c(c3C2)O/C(=C\c2cccs2)C4=O)cc1. The van der Waals surface area contributed by atoms with Gasteiger partial charge in [-0.15, -0.1) is 11.3 Å². The zero-order chi connectivity index (χ0) is 20.5. The van der Waals surface area contributed by atoms with Crippen LogP contribution >= 0.6 is 11.3 Å². The molecule has 5 nitrogen and oxygen atoms in total. The number of ether oxygens (including phenoxy) is 3. The van der Waals surface area contributed by atoms with Gasteiger partial charge in [0.2, 0.25) is 5.78 Å². The number of rotatable bonds is 5. The molecular weight excluding hydrogens is 398 g/mol. The average Bonchev–Trinajstić information content (AvgIpc) is 3.41. The molecule has 30 heavy (non-hydrogen) atoms. The van der Waals surface area contributed by atoms with Crippen molar-refractivity contribution in [2.45, 2.75) is 13.0 Å². The molecule has 0 amide bonds. The number of hydrogen-bond donors (Lipinski definition) is 0. The third-order valence-corrected chi connectivity index (χ3v) is 6.19. The average molecular weight is 420 g/mol. The fourth-order valence-electron chi connectivity index (χ4n) is 3.73. The highest BCUT2D eigenvalue weighted by Crippen LogP contribution is 2.42. The summed E-state index contributed by atoms with van der Waals surface area (Å²) in [6.45, 7) is 2.06. The van der Waals surface area contributed by atoms with E-state index in [1.165, 1.54) is 5.56 Å². The summed E-state index contributed by atoms with van der Waals surface area (Å²) in [6, 6.07) is 15.7. The molecule has 0 atom stereocenters. The van der Waals surface area contributed by atoms with Crippen LogP contribution in [0.1, 0.15) is 26.4 Å². The quantitative estimate of drug-likeness (QED) is 0.558. The largest absolute Gasteiger partial charge is 0.497 e. The monoisotopic (exact) mass is 419 g/mol. The predicted octanol–water partition coefficient (Wildman–Crippen LogP) is 4.77. The summed E-state index contributed by atoms with van der Waals surface area (Å²) in [6.07, 6.45) is 2.71. The van der Waals surface area contributed by atoms with E-state index in [2.05, 4.69) is 17.0 Å². The second-order valence-electron chi connectivity index (χ2n) is 7.30. The fourth-order valence-corrected chi connectivity index (χ4v) is 4.38. The Morgan fingerprint density at radius 2 is 2.03 bits per heavy atom. The smallest absolute Gasteiger partial charge is 0.232 e. The molecule has 3 aromatic rings. The Bertz CT molecular complexity index is 1100. The van der Waals surface area contributed by atoms with Gasteiger partial charge in [-0.1, -0.05) is 18.2 Å². The number of nitrogens with zero attached hydrogens (tertiary/aromatic N) is 1. The van der Waals surface area contributed by atoms with Gasteiger partial charge in [0.1, 0.15) is 24.0 Å². The lowest BCUT2D eigenvalue weighted by molar-refractivity contribution is 0.0949. The summed E-state index contributed by atoms with van der Waals surface area (Å²) in [5.74, 6) is 2.58. The van der Waals surface area contributed by atoms with E-state index in [0.29, 0.717) is 30.3 Å². The van der Waals surface area contributed by atoms with Crippen molar-refractivity contribution in [2.24, 2.45) is 0 Å². The molecular formula is C24H21NO4S. The summed E-state index contributed by atoms with van der Waals surface area (Å²) in [5, 5.41) is 1.98. The van der Waals surface area contributed by atoms with E-state index >= 15 is 0 Å². The molecule has 0 bridgehead atoms. The van der Waals surface area contributed by atoms with Crippen LogP contribution in [0.25, 0.3) is 6.08 Å². The first kappa shape index (κ1) is 18.9. The Morgan fingerprint density at radius 3 is 2.80 bits per heavy atom. The molecule has 152 valence electrons. The zero-order valence-corrected chi connectivity index (χ0v) is 17.4. The van der Waals surface area contributed by atoms with Gasteiger partial charge in [0.15, 0.2) is 5.76 Å². The highest BCUT2D eigenvalue weighted by molar-refractivity contribution is 7.10. The molecule has 5 rings (SSSR count). The van der Waals surface area contributed by atoms with Gasteiger partial charge in [0.05, 0.1) is 18.2 Å². The second-order valence-corrected chi connectivity index (χ2v) is 8.28. The van der Waals surface area contributed by atoms with Gasteiger partial charge in [-0.2, -0.15) is 0 Å². The summed E-state index contributed by atoms with van der Waals surface area (Å²) in [4.78, 5) is 16.0. The highest BCUT2D eigenvalue weighted by Gasteiger charge is 2.33. The normalized spacial score (nSPS) is 16.7. The van der Waals surface area contributed by atoms with E-state index in [9.17, 15) is 4.79 Å². The van der Waals surface area contributed by atoms with E-state index < -0.39 is 0 Å². The van der Waals surface area contributed by atoms with Gasteiger partial charge in [0, 0.05) is 24.0 Å². The number of Topliss-reactive ketones (excluding diaryl/α,β-unsaturated/α-hetero) is 1. The lowest BCUT2D eigenvalue weighted by atomic mass is 10.0. The lowest BCUT2D eigenvalue weighted by Crippen LogP contribution is -2.33. The summed E-state index contributed by atoms with van der Waals surface area (Å²) in [7, 11) is 1.67. The predicted molar refractivity (Wildman–Crippen MR) is 116 cm³/mol. The minimum atomic E-state index is -0.0726. The summed E-state index contributed by atoms with van der Waals surface area (Å²) in [5.41, 5.74) is 2.79. The van der Waals surface area contributed by atoms with Crippen molar-refractivity contribution < 1.29 is 19.0 Å². The Balaban J connectivity index is 1.33. The van der Waals surface area contributed by atoms with Crippen molar-refractivity contribution in [3.63, 3.8) is 0 Å². The number of allylic oxidation sites excluding steroid dienone is 1. The van der Waals surface area contributed by atoms with E-state index in [1.807, 2.05) is 41.8 Å². The van der Waals surface area contributed by atoms with Gasteiger partial charge >= 0.3 is 0 Å². The molecule has 0 fully saturated rings. The molecule has 2 aliphatic heterocycles. The van der Waals surface area contributed by atoms with Crippen molar-refractivity contribution >= 4 is 23.2 Å². The van der Waals surface area contributed by atoms with E-state index in [0.717, 1.165) is 34.9 Å². The Morgan fingerprint density at radius 1 is 1.17 bits per heavy atom. The van der Waals surface area contributed by atoms with Crippen LogP contribution in [0.4, 0.5) is 0 Å². The van der Waals surface area contributed by atoms with Crippen molar-refractivity contribution in [3.8, 4) is 17.2 Å². The summed E-state index contributed by atoms with van der Waals surface area (Å²) < 4.78 is 17.2. The Hall–Kier alpha value is -3.09. The topological polar surface area (TPSA) is 48.0 Å². The molecule has 1 aromatic heterocycles. The number of carbonyl (C=O) groups is 1. The van der Waals surface area contributed by atoms with Crippen LogP contribution in [-0.4, -0.2) is 31.1 Å². The zero-order valence-electron chi connectivity index (χ0n) is 16.6. The van der Waals surface area contributed by atoms with E-state index in [-0.39, 0.29) is 5.78 Å². The van der Waals surface area contributed by atoms with Gasteiger partial charge in [0.25, 0.3) is 0 Å². The number of benzene rings is 2. The van der Waals surface area contributed by atoms with Crippen molar-refractivity contribution in [2.75, 3.05) is 20.4 Å². The van der Waals surface area contributed by atoms with Gasteiger partial charge in [-0.05, 0) is 47.7 Å². The minimum absolute atomic E-state index is 0.0726. The molecule has 0 unspecified atom stereocenters.